The summed E-state index contributed by atoms with van der Waals surface area (Å²) in [6.07, 6.45) is 4.90. The van der Waals surface area contributed by atoms with Crippen LogP contribution >= 0.6 is 11.6 Å². The summed E-state index contributed by atoms with van der Waals surface area (Å²) in [4.78, 5) is 0. The van der Waals surface area contributed by atoms with Crippen LogP contribution in [0, 0.1) is 12.8 Å². The highest BCUT2D eigenvalue weighted by Gasteiger charge is 2.19. The van der Waals surface area contributed by atoms with Gasteiger partial charge in [-0.2, -0.15) is 5.10 Å². The number of rotatable bonds is 5. The molecule has 1 N–H and O–H groups in total. The maximum Gasteiger partial charge on any atom is 0.0597 e. The first-order valence-electron chi connectivity index (χ1n) is 7.07. The third kappa shape index (κ3) is 3.72. The molecule has 1 fully saturated rings. The Morgan fingerprint density at radius 3 is 2.78 bits per heavy atom. The summed E-state index contributed by atoms with van der Waals surface area (Å²) in [7, 11) is 0. The molecule has 1 saturated carbocycles. The minimum atomic E-state index is 0.422. The van der Waals surface area contributed by atoms with E-state index in [1.54, 1.807) is 0 Å². The Hall–Kier alpha value is -0.540. The van der Waals surface area contributed by atoms with E-state index < -0.39 is 0 Å². The quantitative estimate of drug-likeness (QED) is 0.833. The Labute approximate surface area is 115 Å². The predicted molar refractivity (Wildman–Crippen MR) is 75.9 cm³/mol. The zero-order valence-electron chi connectivity index (χ0n) is 11.5. The molecule has 0 aromatic carbocycles. The summed E-state index contributed by atoms with van der Waals surface area (Å²) in [5, 5.41) is 8.46. The van der Waals surface area contributed by atoms with Crippen LogP contribution in [0.3, 0.4) is 0 Å². The summed E-state index contributed by atoms with van der Waals surface area (Å²) >= 11 is 6.12. The first-order valence-corrected chi connectivity index (χ1v) is 7.50. The Bertz CT molecular complexity index is 367. The van der Waals surface area contributed by atoms with Crippen molar-refractivity contribution in [2.75, 3.05) is 6.54 Å². The Kier molecular flexibility index (Phi) is 5.07. The molecule has 0 aliphatic heterocycles. The van der Waals surface area contributed by atoms with Gasteiger partial charge in [0.2, 0.25) is 0 Å². The van der Waals surface area contributed by atoms with Gasteiger partial charge in [-0.15, -0.1) is 11.6 Å². The molecule has 0 atom stereocenters. The molecule has 1 aliphatic rings. The summed E-state index contributed by atoms with van der Waals surface area (Å²) in [5.74, 6) is 0.805. The third-order valence-electron chi connectivity index (χ3n) is 3.80. The number of nitrogens with zero attached hydrogens (tertiary/aromatic N) is 2. The zero-order valence-corrected chi connectivity index (χ0v) is 12.2. The fraction of sp³-hybridized carbons (Fsp3) is 0.786. The van der Waals surface area contributed by atoms with Crippen molar-refractivity contribution in [3.05, 3.63) is 17.5 Å². The molecule has 0 spiro atoms. The third-order valence-corrected chi connectivity index (χ3v) is 4.24. The highest BCUT2D eigenvalue weighted by atomic mass is 35.5. The molecule has 2 rings (SSSR count). The van der Waals surface area contributed by atoms with E-state index in [1.165, 1.54) is 31.4 Å². The Morgan fingerprint density at radius 2 is 2.11 bits per heavy atom. The second-order valence-corrected chi connectivity index (χ2v) is 5.96. The number of nitrogens with one attached hydrogen (secondary N) is 1. The van der Waals surface area contributed by atoms with Crippen LogP contribution in [0.25, 0.3) is 0 Å². The lowest BCUT2D eigenvalue weighted by Gasteiger charge is -2.25. The molecule has 1 aromatic heterocycles. The smallest absolute Gasteiger partial charge is 0.0597 e. The van der Waals surface area contributed by atoms with Gasteiger partial charge in [0.1, 0.15) is 0 Å². The molecule has 18 heavy (non-hydrogen) atoms. The van der Waals surface area contributed by atoms with Crippen LogP contribution in [0.1, 0.15) is 44.0 Å². The number of halogens is 1. The topological polar surface area (TPSA) is 29.9 Å². The maximum atomic E-state index is 6.12. The normalized spacial score (nSPS) is 24.4. The van der Waals surface area contributed by atoms with Crippen molar-refractivity contribution in [2.24, 2.45) is 5.92 Å². The minimum Gasteiger partial charge on any atom is -0.311 e. The van der Waals surface area contributed by atoms with Crippen LogP contribution in [0.5, 0.6) is 0 Å². The highest BCUT2D eigenvalue weighted by Crippen LogP contribution is 2.26. The number of hydrogen-bond donors (Lipinski definition) is 1. The van der Waals surface area contributed by atoms with Crippen molar-refractivity contribution in [3.63, 3.8) is 0 Å². The van der Waals surface area contributed by atoms with Gasteiger partial charge in [-0.05, 0) is 58.1 Å². The monoisotopic (exact) mass is 269 g/mol. The standard InChI is InChI=1S/C14H24ClN3/c1-3-18-14(8-11(2)17-18)10-16-9-12-4-6-13(15)7-5-12/h8,12-13,16H,3-7,9-10H2,1-2H3. The molecule has 0 saturated heterocycles. The summed E-state index contributed by atoms with van der Waals surface area (Å²) in [6, 6.07) is 2.17. The zero-order chi connectivity index (χ0) is 13.0. The van der Waals surface area contributed by atoms with Crippen LogP contribution in [-0.2, 0) is 13.1 Å². The van der Waals surface area contributed by atoms with Gasteiger partial charge in [0, 0.05) is 18.5 Å². The molecule has 0 bridgehead atoms. The average Bonchev–Trinajstić information content (AvgIpc) is 2.72. The lowest BCUT2D eigenvalue weighted by atomic mass is 9.89. The molecule has 1 aliphatic carbocycles. The van der Waals surface area contributed by atoms with E-state index in [4.69, 9.17) is 11.6 Å². The first-order chi connectivity index (χ1) is 8.69. The van der Waals surface area contributed by atoms with E-state index in [-0.39, 0.29) is 0 Å². The van der Waals surface area contributed by atoms with Gasteiger partial charge in [0.25, 0.3) is 0 Å². The van der Waals surface area contributed by atoms with Gasteiger partial charge < -0.3 is 5.32 Å². The highest BCUT2D eigenvalue weighted by molar-refractivity contribution is 6.20. The number of hydrogen-bond acceptors (Lipinski definition) is 2. The lowest BCUT2D eigenvalue weighted by Crippen LogP contribution is -2.27. The molecule has 0 unspecified atom stereocenters. The summed E-state index contributed by atoms with van der Waals surface area (Å²) in [6.45, 7) is 7.17. The molecular weight excluding hydrogens is 246 g/mol. The second kappa shape index (κ2) is 6.58. The summed E-state index contributed by atoms with van der Waals surface area (Å²) in [5.41, 5.74) is 2.40. The van der Waals surface area contributed by atoms with Gasteiger partial charge in [0.05, 0.1) is 11.4 Å². The predicted octanol–water partition coefficient (Wildman–Crippen LogP) is 3.10. The molecule has 0 radical (unpaired) electrons. The summed E-state index contributed by atoms with van der Waals surface area (Å²) < 4.78 is 2.08. The first kappa shape index (κ1) is 13.9. The van der Waals surface area contributed by atoms with Gasteiger partial charge in [-0.3, -0.25) is 4.68 Å². The average molecular weight is 270 g/mol. The fourth-order valence-electron chi connectivity index (χ4n) is 2.75. The van der Waals surface area contributed by atoms with E-state index in [1.807, 2.05) is 0 Å². The molecular formula is C14H24ClN3. The van der Waals surface area contributed by atoms with Crippen LogP contribution in [-0.4, -0.2) is 21.7 Å². The van der Waals surface area contributed by atoms with Crippen LogP contribution in [0.15, 0.2) is 6.07 Å². The van der Waals surface area contributed by atoms with E-state index in [2.05, 4.69) is 35.0 Å². The van der Waals surface area contributed by atoms with Gasteiger partial charge in [-0.1, -0.05) is 0 Å². The van der Waals surface area contributed by atoms with E-state index >= 15 is 0 Å². The molecule has 1 aromatic rings. The van der Waals surface area contributed by atoms with E-state index in [0.29, 0.717) is 5.38 Å². The molecule has 1 heterocycles. The van der Waals surface area contributed by atoms with Crippen molar-refractivity contribution >= 4 is 11.6 Å². The van der Waals surface area contributed by atoms with Crippen molar-refractivity contribution < 1.29 is 0 Å². The molecule has 102 valence electrons. The van der Waals surface area contributed by atoms with E-state index in [0.717, 1.165) is 31.2 Å². The molecule has 0 amide bonds. The molecule has 3 nitrogen and oxygen atoms in total. The van der Waals surface area contributed by atoms with Crippen molar-refractivity contribution in [2.45, 2.75) is 58.0 Å². The van der Waals surface area contributed by atoms with Crippen LogP contribution < -0.4 is 5.32 Å². The SMILES string of the molecule is CCn1nc(C)cc1CNCC1CCC(Cl)CC1. The van der Waals surface area contributed by atoms with Crippen molar-refractivity contribution in [3.8, 4) is 0 Å². The van der Waals surface area contributed by atoms with Crippen LogP contribution in [0.2, 0.25) is 0 Å². The molecule has 4 heteroatoms. The lowest BCUT2D eigenvalue weighted by molar-refractivity contribution is 0.344. The van der Waals surface area contributed by atoms with Gasteiger partial charge in [-0.25, -0.2) is 0 Å². The second-order valence-electron chi connectivity index (χ2n) is 5.34. The fourth-order valence-corrected chi connectivity index (χ4v) is 3.00. The van der Waals surface area contributed by atoms with Crippen molar-refractivity contribution in [1.29, 1.82) is 0 Å². The van der Waals surface area contributed by atoms with Gasteiger partial charge >= 0.3 is 0 Å². The van der Waals surface area contributed by atoms with Gasteiger partial charge in [0.15, 0.2) is 0 Å². The van der Waals surface area contributed by atoms with E-state index in [9.17, 15) is 0 Å². The Morgan fingerprint density at radius 1 is 1.39 bits per heavy atom. The van der Waals surface area contributed by atoms with Crippen LogP contribution in [0.4, 0.5) is 0 Å². The number of aromatic nitrogens is 2. The minimum absolute atomic E-state index is 0.422. The Balaban J connectivity index is 1.74. The maximum absolute atomic E-state index is 6.12. The van der Waals surface area contributed by atoms with Crippen molar-refractivity contribution in [1.82, 2.24) is 15.1 Å². The number of alkyl halides is 1. The largest absolute Gasteiger partial charge is 0.311 e. The number of aryl methyl sites for hydroxylation is 2.